The zero-order valence-corrected chi connectivity index (χ0v) is 12.7. The van der Waals surface area contributed by atoms with Crippen molar-refractivity contribution in [1.82, 2.24) is 0 Å². The zero-order valence-electron chi connectivity index (χ0n) is 12.7. The van der Waals surface area contributed by atoms with Gasteiger partial charge >= 0.3 is 6.18 Å². The highest BCUT2D eigenvalue weighted by Crippen LogP contribution is 2.25. The summed E-state index contributed by atoms with van der Waals surface area (Å²) in [7, 11) is 0. The predicted octanol–water partition coefficient (Wildman–Crippen LogP) is 4.51. The first-order valence-corrected chi connectivity index (χ1v) is 6.98. The molecule has 122 valence electrons. The molecule has 0 saturated carbocycles. The minimum absolute atomic E-state index is 0.121. The van der Waals surface area contributed by atoms with Gasteiger partial charge in [0.25, 0.3) is 5.78 Å². The number of rotatable bonds is 2. The summed E-state index contributed by atoms with van der Waals surface area (Å²) in [5, 5.41) is 9.84. The number of ketones is 1. The van der Waals surface area contributed by atoms with Crippen LogP contribution < -0.4 is 0 Å². The maximum atomic E-state index is 12.4. The Morgan fingerprint density at radius 2 is 1.42 bits per heavy atom. The number of aliphatic hydroxyl groups excluding tert-OH is 1. The maximum absolute atomic E-state index is 12.4. The van der Waals surface area contributed by atoms with Crippen molar-refractivity contribution in [2.75, 3.05) is 0 Å². The van der Waals surface area contributed by atoms with E-state index in [2.05, 4.69) is 11.8 Å². The number of Topliss-reactive ketones (excluding diaryl/α,β-unsaturated/α-hetero) is 1. The molecule has 0 fully saturated rings. The van der Waals surface area contributed by atoms with E-state index in [0.29, 0.717) is 5.56 Å². The molecule has 0 aliphatic rings. The fourth-order valence-corrected chi connectivity index (χ4v) is 1.91. The molecule has 5 heteroatoms. The van der Waals surface area contributed by atoms with E-state index < -0.39 is 23.3 Å². The molecule has 0 saturated heterocycles. The molecule has 2 aromatic carbocycles. The monoisotopic (exact) mass is 330 g/mol. The molecule has 0 amide bonds. The fourth-order valence-electron chi connectivity index (χ4n) is 1.91. The summed E-state index contributed by atoms with van der Waals surface area (Å²) in [6.45, 7) is 0.939. The van der Waals surface area contributed by atoms with E-state index in [1.165, 1.54) is 12.1 Å². The normalized spacial score (nSPS) is 12.0. The van der Waals surface area contributed by atoms with Crippen LogP contribution in [-0.4, -0.2) is 17.1 Å². The topological polar surface area (TPSA) is 37.3 Å². The van der Waals surface area contributed by atoms with Crippen molar-refractivity contribution in [3.05, 3.63) is 76.9 Å². The van der Waals surface area contributed by atoms with Gasteiger partial charge in [0.1, 0.15) is 5.76 Å². The molecule has 1 N–H and O–H groups in total. The molecule has 0 heterocycles. The molecule has 0 spiro atoms. The van der Waals surface area contributed by atoms with Gasteiger partial charge in [-0.2, -0.15) is 13.2 Å². The minimum atomic E-state index is -5.01. The predicted molar refractivity (Wildman–Crippen MR) is 85.1 cm³/mol. The Kier molecular flexibility index (Phi) is 5.10. The Hall–Kier alpha value is -3.00. The molecular weight excluding hydrogens is 317 g/mol. The third-order valence-corrected chi connectivity index (χ3v) is 3.24. The van der Waals surface area contributed by atoms with Crippen molar-refractivity contribution in [3.63, 3.8) is 0 Å². The second-order valence-corrected chi connectivity index (χ2v) is 4.99. The van der Waals surface area contributed by atoms with E-state index in [1.54, 1.807) is 12.1 Å². The third-order valence-electron chi connectivity index (χ3n) is 3.24. The summed E-state index contributed by atoms with van der Waals surface area (Å²) in [5.74, 6) is 3.10. The van der Waals surface area contributed by atoms with Crippen LogP contribution >= 0.6 is 0 Å². The number of allylic oxidation sites excluding steroid dienone is 1. The molecular formula is C19H13F3O2. The lowest BCUT2D eigenvalue weighted by atomic mass is 10.0. The van der Waals surface area contributed by atoms with Crippen molar-refractivity contribution >= 4 is 11.5 Å². The first kappa shape index (κ1) is 17.4. The zero-order chi connectivity index (χ0) is 17.7. The van der Waals surface area contributed by atoms with Crippen LogP contribution in [0.1, 0.15) is 23.6 Å². The molecule has 2 nitrogen and oxygen atoms in total. The third kappa shape index (κ3) is 4.26. The number of carbonyl (C=O) groups excluding carboxylic acids is 1. The second-order valence-electron chi connectivity index (χ2n) is 4.99. The van der Waals surface area contributed by atoms with E-state index in [0.717, 1.165) is 12.5 Å². The van der Waals surface area contributed by atoms with Crippen molar-refractivity contribution < 1.29 is 23.1 Å². The molecule has 0 aromatic heterocycles. The van der Waals surface area contributed by atoms with Gasteiger partial charge in [-0.05, 0) is 31.2 Å². The van der Waals surface area contributed by atoms with Crippen LogP contribution in [0.3, 0.4) is 0 Å². The molecule has 0 radical (unpaired) electrons. The minimum Gasteiger partial charge on any atom is -0.507 e. The van der Waals surface area contributed by atoms with Gasteiger partial charge in [0.15, 0.2) is 0 Å². The number of carbonyl (C=O) groups is 1. The molecule has 0 atom stereocenters. The van der Waals surface area contributed by atoms with E-state index >= 15 is 0 Å². The van der Waals surface area contributed by atoms with Crippen LogP contribution in [-0.2, 0) is 4.79 Å². The number of benzene rings is 2. The van der Waals surface area contributed by atoms with E-state index in [1.807, 2.05) is 30.3 Å². The standard InChI is InChI=1S/C19H13F3O2/c1-13(18(24)19(20,21)22)17(23)16-11-9-15(10-12-16)8-7-14-5-3-2-4-6-14/h2-6,9-12,23H,1H3. The smallest absolute Gasteiger partial charge is 0.454 e. The average molecular weight is 330 g/mol. The van der Waals surface area contributed by atoms with Gasteiger partial charge in [0.2, 0.25) is 0 Å². The van der Waals surface area contributed by atoms with Crippen LogP contribution in [0, 0.1) is 11.8 Å². The first-order valence-electron chi connectivity index (χ1n) is 6.98. The van der Waals surface area contributed by atoms with Crippen LogP contribution in [0.25, 0.3) is 5.76 Å². The lowest BCUT2D eigenvalue weighted by Crippen LogP contribution is -2.24. The summed E-state index contributed by atoms with van der Waals surface area (Å²) in [6.07, 6.45) is -5.01. The van der Waals surface area contributed by atoms with Crippen molar-refractivity contribution in [3.8, 4) is 11.8 Å². The summed E-state index contributed by atoms with van der Waals surface area (Å²) < 4.78 is 37.2. The molecule has 0 aliphatic heterocycles. The van der Waals surface area contributed by atoms with Gasteiger partial charge in [0.05, 0.1) is 0 Å². The SMILES string of the molecule is CC(C(=O)C(F)(F)F)=C(O)c1ccc(C#Cc2ccccc2)cc1. The van der Waals surface area contributed by atoms with E-state index in [4.69, 9.17) is 0 Å². The van der Waals surface area contributed by atoms with E-state index in [9.17, 15) is 23.1 Å². The fraction of sp³-hybridized carbons (Fsp3) is 0.105. The molecule has 0 bridgehead atoms. The summed E-state index contributed by atoms with van der Waals surface area (Å²) in [5.41, 5.74) is 0.840. The first-order chi connectivity index (χ1) is 11.3. The van der Waals surface area contributed by atoms with Gasteiger partial charge in [0, 0.05) is 22.3 Å². The van der Waals surface area contributed by atoms with Crippen LogP contribution in [0.4, 0.5) is 13.2 Å². The Bertz CT molecular complexity index is 821. The van der Waals surface area contributed by atoms with Gasteiger partial charge in [-0.3, -0.25) is 4.79 Å². The lowest BCUT2D eigenvalue weighted by Gasteiger charge is -2.08. The molecule has 0 aliphatic carbocycles. The second kappa shape index (κ2) is 7.05. The molecule has 0 unspecified atom stereocenters. The largest absolute Gasteiger partial charge is 0.507 e. The quantitative estimate of drug-likeness (QED) is 0.500. The Balaban J connectivity index is 2.24. The summed E-state index contributed by atoms with van der Waals surface area (Å²) in [4.78, 5) is 11.1. The molecule has 2 rings (SSSR count). The highest BCUT2D eigenvalue weighted by molar-refractivity contribution is 6.04. The Labute approximate surface area is 137 Å². The van der Waals surface area contributed by atoms with Crippen LogP contribution in [0.2, 0.25) is 0 Å². The highest BCUT2D eigenvalue weighted by atomic mass is 19.4. The molecule has 24 heavy (non-hydrogen) atoms. The van der Waals surface area contributed by atoms with Crippen molar-refractivity contribution in [2.45, 2.75) is 13.1 Å². The van der Waals surface area contributed by atoms with Crippen molar-refractivity contribution in [2.24, 2.45) is 0 Å². The van der Waals surface area contributed by atoms with E-state index in [-0.39, 0.29) is 5.56 Å². The van der Waals surface area contributed by atoms with Gasteiger partial charge in [-0.15, -0.1) is 0 Å². The number of alkyl halides is 3. The Morgan fingerprint density at radius 1 is 0.917 bits per heavy atom. The maximum Gasteiger partial charge on any atom is 0.454 e. The highest BCUT2D eigenvalue weighted by Gasteiger charge is 2.40. The summed E-state index contributed by atoms with van der Waals surface area (Å²) >= 11 is 0. The number of aliphatic hydroxyl groups is 1. The van der Waals surface area contributed by atoms with Gasteiger partial charge in [-0.25, -0.2) is 0 Å². The van der Waals surface area contributed by atoms with Gasteiger partial charge < -0.3 is 5.11 Å². The van der Waals surface area contributed by atoms with Crippen LogP contribution in [0.15, 0.2) is 60.2 Å². The molecule has 2 aromatic rings. The van der Waals surface area contributed by atoms with Gasteiger partial charge in [-0.1, -0.05) is 42.2 Å². The van der Waals surface area contributed by atoms with Crippen molar-refractivity contribution in [1.29, 1.82) is 0 Å². The number of halogens is 3. The lowest BCUT2D eigenvalue weighted by molar-refractivity contribution is -0.166. The summed E-state index contributed by atoms with van der Waals surface area (Å²) in [6, 6.07) is 15.2. The average Bonchev–Trinajstić information content (AvgIpc) is 2.58. The Morgan fingerprint density at radius 3 is 1.92 bits per heavy atom. The number of hydrogen-bond donors (Lipinski definition) is 1. The van der Waals surface area contributed by atoms with Crippen LogP contribution in [0.5, 0.6) is 0 Å². The number of hydrogen-bond acceptors (Lipinski definition) is 2.